The number of esters is 1. The zero-order chi connectivity index (χ0) is 19.9. The normalized spacial score (nSPS) is 16.5. The van der Waals surface area contributed by atoms with Crippen molar-refractivity contribution in [1.82, 2.24) is 19.9 Å². The van der Waals surface area contributed by atoms with Crippen LogP contribution in [-0.4, -0.2) is 32.6 Å². The van der Waals surface area contributed by atoms with Gasteiger partial charge in [0.2, 0.25) is 0 Å². The Morgan fingerprint density at radius 2 is 2.00 bits per heavy atom. The first kappa shape index (κ1) is 18.0. The molecule has 1 aromatic carbocycles. The monoisotopic (exact) mass is 390 g/mol. The van der Waals surface area contributed by atoms with Crippen molar-refractivity contribution in [1.29, 1.82) is 0 Å². The number of nitrogens with one attached hydrogen (secondary N) is 1. The van der Waals surface area contributed by atoms with Gasteiger partial charge in [-0.15, -0.1) is 10.2 Å². The average Bonchev–Trinajstić information content (AvgIpc) is 3.07. The minimum Gasteiger partial charge on any atom is -0.448 e. The molecule has 0 aliphatic carbocycles. The summed E-state index contributed by atoms with van der Waals surface area (Å²) < 4.78 is 45.0. The molecule has 0 bridgehead atoms. The molecule has 7 nitrogen and oxygen atoms in total. The smallest absolute Gasteiger partial charge is 0.417 e. The Kier molecular flexibility index (Phi) is 4.25. The Balaban J connectivity index is 1.49. The highest BCUT2D eigenvalue weighted by molar-refractivity contribution is 5.95. The van der Waals surface area contributed by atoms with Crippen LogP contribution in [-0.2, 0) is 28.7 Å². The first-order valence-electron chi connectivity index (χ1n) is 8.30. The van der Waals surface area contributed by atoms with E-state index in [9.17, 15) is 22.8 Å². The number of benzene rings is 1. The molecule has 0 saturated carbocycles. The van der Waals surface area contributed by atoms with Crippen LogP contribution in [0.4, 0.5) is 13.2 Å². The van der Waals surface area contributed by atoms with Gasteiger partial charge in [0, 0.05) is 12.6 Å². The second kappa shape index (κ2) is 6.63. The molecule has 1 N–H and O–H groups in total. The van der Waals surface area contributed by atoms with Crippen LogP contribution >= 0.6 is 0 Å². The average molecular weight is 390 g/mol. The molecule has 1 aliphatic heterocycles. The molecule has 1 atom stereocenters. The number of halogens is 3. The van der Waals surface area contributed by atoms with Crippen LogP contribution < -0.4 is 5.32 Å². The highest BCUT2D eigenvalue weighted by Gasteiger charge is 2.32. The van der Waals surface area contributed by atoms with Crippen molar-refractivity contribution < 1.29 is 27.5 Å². The predicted molar refractivity (Wildman–Crippen MR) is 89.2 cm³/mol. The highest BCUT2D eigenvalue weighted by atomic mass is 19.4. The van der Waals surface area contributed by atoms with Gasteiger partial charge in [-0.25, -0.2) is 4.79 Å². The maximum absolute atomic E-state index is 12.9. The maximum Gasteiger partial charge on any atom is 0.417 e. The van der Waals surface area contributed by atoms with E-state index in [1.807, 2.05) is 0 Å². The molecule has 0 radical (unpaired) electrons. The Hall–Kier alpha value is -3.43. The number of fused-ring (bicyclic) bond motifs is 2. The lowest BCUT2D eigenvalue weighted by Crippen LogP contribution is -2.41. The number of cyclic esters (lactones) is 1. The van der Waals surface area contributed by atoms with Crippen molar-refractivity contribution in [3.8, 4) is 0 Å². The Morgan fingerprint density at radius 1 is 1.21 bits per heavy atom. The van der Waals surface area contributed by atoms with Gasteiger partial charge in [-0.3, -0.25) is 9.20 Å². The summed E-state index contributed by atoms with van der Waals surface area (Å²) in [5, 5.41) is 10.1. The molecule has 0 spiro atoms. The summed E-state index contributed by atoms with van der Waals surface area (Å²) in [4.78, 5) is 24.4. The number of aromatic nitrogens is 3. The molecule has 10 heteroatoms. The van der Waals surface area contributed by atoms with E-state index in [4.69, 9.17) is 4.74 Å². The summed E-state index contributed by atoms with van der Waals surface area (Å²) >= 11 is 0. The number of carbonyl (C=O) groups is 2. The van der Waals surface area contributed by atoms with E-state index in [0.717, 1.165) is 16.7 Å². The van der Waals surface area contributed by atoms with E-state index < -0.39 is 29.7 Å². The SMILES string of the molecule is O=C1O[C@H](C(=O)NCc2nnc3ccc(C(F)(F)F)cn23)Cc2ccccc21. The molecule has 3 heterocycles. The first-order chi connectivity index (χ1) is 13.3. The molecule has 0 fully saturated rings. The van der Waals surface area contributed by atoms with Crippen LogP contribution in [0.3, 0.4) is 0 Å². The number of alkyl halides is 3. The number of pyridine rings is 1. The van der Waals surface area contributed by atoms with E-state index in [1.165, 1.54) is 6.07 Å². The van der Waals surface area contributed by atoms with Crippen LogP contribution in [0.5, 0.6) is 0 Å². The van der Waals surface area contributed by atoms with E-state index >= 15 is 0 Å². The molecule has 4 rings (SSSR count). The zero-order valence-electron chi connectivity index (χ0n) is 14.2. The van der Waals surface area contributed by atoms with Crippen LogP contribution in [0.2, 0.25) is 0 Å². The van der Waals surface area contributed by atoms with Crippen molar-refractivity contribution in [2.24, 2.45) is 0 Å². The second-order valence-electron chi connectivity index (χ2n) is 6.23. The molecular formula is C18H13F3N4O3. The maximum atomic E-state index is 12.9. The van der Waals surface area contributed by atoms with Gasteiger partial charge in [0.1, 0.15) is 0 Å². The number of amides is 1. The van der Waals surface area contributed by atoms with Gasteiger partial charge < -0.3 is 10.1 Å². The fourth-order valence-electron chi connectivity index (χ4n) is 2.98. The lowest BCUT2D eigenvalue weighted by molar-refractivity contribution is -0.138. The van der Waals surface area contributed by atoms with Gasteiger partial charge in [0.15, 0.2) is 17.6 Å². The fraction of sp³-hybridized carbons (Fsp3) is 0.222. The largest absolute Gasteiger partial charge is 0.448 e. The summed E-state index contributed by atoms with van der Waals surface area (Å²) in [6.07, 6.45) is -4.45. The number of nitrogens with zero attached hydrogens (tertiary/aromatic N) is 3. The molecule has 28 heavy (non-hydrogen) atoms. The number of carbonyl (C=O) groups excluding carboxylic acids is 2. The third kappa shape index (κ3) is 3.28. The summed E-state index contributed by atoms with van der Waals surface area (Å²) in [6, 6.07) is 8.92. The van der Waals surface area contributed by atoms with E-state index in [0.29, 0.717) is 11.1 Å². The quantitative estimate of drug-likeness (QED) is 0.693. The van der Waals surface area contributed by atoms with Crippen molar-refractivity contribution in [2.45, 2.75) is 25.2 Å². The fourth-order valence-corrected chi connectivity index (χ4v) is 2.98. The molecule has 0 unspecified atom stereocenters. The van der Waals surface area contributed by atoms with Crippen LogP contribution in [0.15, 0.2) is 42.6 Å². The van der Waals surface area contributed by atoms with Crippen molar-refractivity contribution in [2.75, 3.05) is 0 Å². The minimum atomic E-state index is -4.51. The van der Waals surface area contributed by atoms with Gasteiger partial charge in [0.05, 0.1) is 17.7 Å². The second-order valence-corrected chi connectivity index (χ2v) is 6.23. The first-order valence-corrected chi connectivity index (χ1v) is 8.30. The molecule has 144 valence electrons. The third-order valence-electron chi connectivity index (χ3n) is 4.41. The molecule has 3 aromatic rings. The third-order valence-corrected chi connectivity index (χ3v) is 4.41. The van der Waals surface area contributed by atoms with Crippen LogP contribution in [0, 0.1) is 0 Å². The number of ether oxygens (including phenoxy) is 1. The lowest BCUT2D eigenvalue weighted by atomic mass is 9.98. The summed E-state index contributed by atoms with van der Waals surface area (Å²) in [5.41, 5.74) is 0.469. The van der Waals surface area contributed by atoms with Gasteiger partial charge in [0.25, 0.3) is 5.91 Å². The molecule has 1 aliphatic rings. The van der Waals surface area contributed by atoms with Crippen molar-refractivity contribution in [3.05, 3.63) is 65.1 Å². The molecular weight excluding hydrogens is 377 g/mol. The van der Waals surface area contributed by atoms with Crippen LogP contribution in [0.25, 0.3) is 5.65 Å². The van der Waals surface area contributed by atoms with E-state index in [2.05, 4.69) is 15.5 Å². The van der Waals surface area contributed by atoms with Crippen molar-refractivity contribution >= 4 is 17.5 Å². The zero-order valence-corrected chi connectivity index (χ0v) is 14.2. The Bertz CT molecular complexity index is 1080. The Labute approximate surface area is 156 Å². The van der Waals surface area contributed by atoms with Gasteiger partial charge in [-0.2, -0.15) is 13.2 Å². The van der Waals surface area contributed by atoms with Gasteiger partial charge in [-0.1, -0.05) is 18.2 Å². The number of hydrogen-bond acceptors (Lipinski definition) is 5. The summed E-state index contributed by atoms with van der Waals surface area (Å²) in [5.74, 6) is -1.03. The van der Waals surface area contributed by atoms with Gasteiger partial charge in [-0.05, 0) is 23.8 Å². The highest BCUT2D eigenvalue weighted by Crippen LogP contribution is 2.29. The lowest BCUT2D eigenvalue weighted by Gasteiger charge is -2.23. The van der Waals surface area contributed by atoms with Crippen molar-refractivity contribution in [3.63, 3.8) is 0 Å². The molecule has 1 amide bonds. The topological polar surface area (TPSA) is 85.6 Å². The molecule has 0 saturated heterocycles. The van der Waals surface area contributed by atoms with Gasteiger partial charge >= 0.3 is 12.1 Å². The Morgan fingerprint density at radius 3 is 2.79 bits per heavy atom. The number of rotatable bonds is 3. The predicted octanol–water partition coefficient (Wildman–Crippen LogP) is 2.15. The van der Waals surface area contributed by atoms with E-state index in [-0.39, 0.29) is 24.4 Å². The minimum absolute atomic E-state index is 0.122. The number of hydrogen-bond donors (Lipinski definition) is 1. The summed E-state index contributed by atoms with van der Waals surface area (Å²) in [6.45, 7) is -0.170. The van der Waals surface area contributed by atoms with E-state index in [1.54, 1.807) is 24.3 Å². The summed E-state index contributed by atoms with van der Waals surface area (Å²) in [7, 11) is 0. The molecule has 2 aromatic heterocycles. The van der Waals surface area contributed by atoms with Crippen LogP contribution in [0.1, 0.15) is 27.3 Å². The standard InChI is InChI=1S/C18H13F3N4O3/c19-18(20,21)11-5-6-14-23-24-15(25(14)9-11)8-22-16(26)13-7-10-3-1-2-4-12(10)17(27)28-13/h1-6,9,13H,7-8H2,(H,22,26)/t13-/m0/s1.